The molecule has 6 heteroatoms. The standard InChI is InChI=1S/C17H18FNO3S/c18-14-6-7-16-15(12-14)17(20)8-10-19(16)23(21,22)11-9-13-4-2-1-3-5-13/h1-7,12,17,20H,8-11H2. The van der Waals surface area contributed by atoms with E-state index < -0.39 is 21.9 Å². The number of halogens is 1. The topological polar surface area (TPSA) is 57.6 Å². The van der Waals surface area contributed by atoms with Crippen LogP contribution in [-0.4, -0.2) is 25.8 Å². The van der Waals surface area contributed by atoms with Crippen molar-refractivity contribution < 1.29 is 17.9 Å². The monoisotopic (exact) mass is 335 g/mol. The largest absolute Gasteiger partial charge is 0.388 e. The average Bonchev–Trinajstić information content (AvgIpc) is 2.55. The number of aliphatic hydroxyl groups excluding tert-OH is 1. The van der Waals surface area contributed by atoms with Crippen LogP contribution < -0.4 is 4.31 Å². The number of fused-ring (bicyclic) bond motifs is 1. The molecule has 2 aromatic rings. The molecule has 2 aromatic carbocycles. The summed E-state index contributed by atoms with van der Waals surface area (Å²) in [4.78, 5) is 0. The molecule has 122 valence electrons. The molecule has 0 bridgehead atoms. The zero-order chi connectivity index (χ0) is 16.4. The minimum Gasteiger partial charge on any atom is -0.388 e. The molecule has 4 nitrogen and oxygen atoms in total. The molecule has 23 heavy (non-hydrogen) atoms. The number of rotatable bonds is 4. The van der Waals surface area contributed by atoms with Crippen LogP contribution in [0.3, 0.4) is 0 Å². The lowest BCUT2D eigenvalue weighted by Crippen LogP contribution is -2.38. The second-order valence-corrected chi connectivity index (χ2v) is 7.64. The molecule has 1 unspecified atom stereocenters. The van der Waals surface area contributed by atoms with Gasteiger partial charge in [-0.05, 0) is 36.6 Å². The van der Waals surface area contributed by atoms with Crippen LogP contribution in [0.1, 0.15) is 23.7 Å². The highest BCUT2D eigenvalue weighted by atomic mass is 32.2. The number of anilines is 1. The quantitative estimate of drug-likeness (QED) is 0.934. The first-order chi connectivity index (χ1) is 11.0. The Kier molecular flexibility index (Phi) is 4.37. The molecule has 0 aromatic heterocycles. The molecule has 1 N–H and O–H groups in total. The number of hydrogen-bond acceptors (Lipinski definition) is 3. The summed E-state index contributed by atoms with van der Waals surface area (Å²) in [6.07, 6.45) is -0.152. The molecule has 0 saturated carbocycles. The van der Waals surface area contributed by atoms with Crippen molar-refractivity contribution in [2.24, 2.45) is 0 Å². The lowest BCUT2D eigenvalue weighted by atomic mass is 10.0. The lowest BCUT2D eigenvalue weighted by Gasteiger charge is -2.33. The van der Waals surface area contributed by atoms with Crippen LogP contribution in [0, 0.1) is 5.82 Å². The Balaban J connectivity index is 1.85. The first-order valence-electron chi connectivity index (χ1n) is 7.49. The van der Waals surface area contributed by atoms with Crippen LogP contribution in [0.25, 0.3) is 0 Å². The predicted octanol–water partition coefficient (Wildman–Crippen LogP) is 2.64. The number of nitrogens with zero attached hydrogens (tertiary/aromatic N) is 1. The predicted molar refractivity (Wildman–Crippen MR) is 87.3 cm³/mol. The van der Waals surface area contributed by atoms with Crippen molar-refractivity contribution in [2.45, 2.75) is 18.9 Å². The second-order valence-electron chi connectivity index (χ2n) is 5.63. The summed E-state index contributed by atoms with van der Waals surface area (Å²) in [5.74, 6) is -0.504. The first kappa shape index (κ1) is 16.0. The molecule has 1 aliphatic rings. The fraction of sp³-hybridized carbons (Fsp3) is 0.294. The molecule has 0 spiro atoms. The summed E-state index contributed by atoms with van der Waals surface area (Å²) in [5, 5.41) is 9.99. The van der Waals surface area contributed by atoms with Gasteiger partial charge in [-0.1, -0.05) is 30.3 Å². The number of aryl methyl sites for hydroxylation is 1. The zero-order valence-corrected chi connectivity index (χ0v) is 13.3. The smallest absolute Gasteiger partial charge is 0.235 e. The van der Waals surface area contributed by atoms with E-state index in [0.717, 1.165) is 5.56 Å². The van der Waals surface area contributed by atoms with Gasteiger partial charge in [-0.15, -0.1) is 0 Å². The van der Waals surface area contributed by atoms with Crippen LogP contribution in [0.4, 0.5) is 10.1 Å². The van der Waals surface area contributed by atoms with E-state index in [1.807, 2.05) is 30.3 Å². The van der Waals surface area contributed by atoms with E-state index in [-0.39, 0.29) is 18.7 Å². The van der Waals surface area contributed by atoms with Crippen molar-refractivity contribution in [2.75, 3.05) is 16.6 Å². The van der Waals surface area contributed by atoms with E-state index in [4.69, 9.17) is 0 Å². The number of hydrogen-bond donors (Lipinski definition) is 1. The molecule has 1 heterocycles. The fourth-order valence-corrected chi connectivity index (χ4v) is 4.39. The Morgan fingerprint density at radius 3 is 2.65 bits per heavy atom. The maximum atomic E-state index is 13.4. The second kappa shape index (κ2) is 6.29. The van der Waals surface area contributed by atoms with E-state index in [2.05, 4.69) is 0 Å². The lowest BCUT2D eigenvalue weighted by molar-refractivity contribution is 0.166. The van der Waals surface area contributed by atoms with Gasteiger partial charge in [0.15, 0.2) is 0 Å². The van der Waals surface area contributed by atoms with E-state index in [1.165, 1.54) is 22.5 Å². The van der Waals surface area contributed by atoms with Crippen LogP contribution in [0.5, 0.6) is 0 Å². The Morgan fingerprint density at radius 1 is 1.17 bits per heavy atom. The Hall–Kier alpha value is -1.92. The normalized spacial score (nSPS) is 17.8. The molecule has 0 saturated heterocycles. The molecule has 0 aliphatic carbocycles. The summed E-state index contributed by atoms with van der Waals surface area (Å²) < 4.78 is 40.0. The minimum absolute atomic E-state index is 0.0239. The molecule has 0 amide bonds. The number of sulfonamides is 1. The molecule has 3 rings (SSSR count). The Labute approximate surface area is 135 Å². The number of benzene rings is 2. The highest BCUT2D eigenvalue weighted by molar-refractivity contribution is 7.92. The maximum absolute atomic E-state index is 13.4. The van der Waals surface area contributed by atoms with Crippen molar-refractivity contribution in [1.82, 2.24) is 0 Å². The highest BCUT2D eigenvalue weighted by Gasteiger charge is 2.31. The SMILES string of the molecule is O=S(=O)(CCc1ccccc1)N1CCC(O)c2cc(F)ccc21. The van der Waals surface area contributed by atoms with E-state index in [0.29, 0.717) is 17.7 Å². The fourth-order valence-electron chi connectivity index (χ4n) is 2.83. The van der Waals surface area contributed by atoms with Gasteiger partial charge >= 0.3 is 0 Å². The highest BCUT2D eigenvalue weighted by Crippen LogP contribution is 2.36. The van der Waals surface area contributed by atoms with Crippen molar-refractivity contribution in [3.05, 3.63) is 65.5 Å². The Bertz CT molecular complexity index is 793. The Morgan fingerprint density at radius 2 is 1.91 bits per heavy atom. The molecule has 0 radical (unpaired) electrons. The van der Waals surface area contributed by atoms with Crippen LogP contribution >= 0.6 is 0 Å². The number of aliphatic hydroxyl groups is 1. The summed E-state index contributed by atoms with van der Waals surface area (Å²) in [5.41, 5.74) is 1.66. The van der Waals surface area contributed by atoms with E-state index >= 15 is 0 Å². The van der Waals surface area contributed by atoms with Gasteiger partial charge in [-0.3, -0.25) is 4.31 Å². The van der Waals surface area contributed by atoms with E-state index in [1.54, 1.807) is 0 Å². The van der Waals surface area contributed by atoms with E-state index in [9.17, 15) is 17.9 Å². The van der Waals surface area contributed by atoms with Crippen molar-refractivity contribution in [1.29, 1.82) is 0 Å². The molecule has 0 fully saturated rings. The third-order valence-corrected chi connectivity index (χ3v) is 5.82. The molecule has 1 aliphatic heterocycles. The third kappa shape index (κ3) is 3.38. The van der Waals surface area contributed by atoms with Gasteiger partial charge in [0.25, 0.3) is 0 Å². The zero-order valence-electron chi connectivity index (χ0n) is 12.5. The van der Waals surface area contributed by atoms with Crippen molar-refractivity contribution >= 4 is 15.7 Å². The molecular weight excluding hydrogens is 317 g/mol. The molecular formula is C17H18FNO3S. The van der Waals surface area contributed by atoms with Crippen molar-refractivity contribution in [3.8, 4) is 0 Å². The van der Waals surface area contributed by atoms with Gasteiger partial charge in [0.05, 0.1) is 17.5 Å². The summed E-state index contributed by atoms with van der Waals surface area (Å²) in [7, 11) is -3.53. The van der Waals surface area contributed by atoms with Gasteiger partial charge in [-0.2, -0.15) is 0 Å². The van der Waals surface area contributed by atoms with Gasteiger partial charge in [0.1, 0.15) is 5.82 Å². The van der Waals surface area contributed by atoms with Crippen LogP contribution in [-0.2, 0) is 16.4 Å². The van der Waals surface area contributed by atoms with Gasteiger partial charge in [-0.25, -0.2) is 12.8 Å². The molecule has 1 atom stereocenters. The summed E-state index contributed by atoms with van der Waals surface area (Å²) in [6.45, 7) is 0.205. The van der Waals surface area contributed by atoms with Crippen molar-refractivity contribution in [3.63, 3.8) is 0 Å². The first-order valence-corrected chi connectivity index (χ1v) is 9.10. The van der Waals surface area contributed by atoms with Gasteiger partial charge in [0, 0.05) is 12.1 Å². The minimum atomic E-state index is -3.53. The average molecular weight is 335 g/mol. The van der Waals surface area contributed by atoms with Gasteiger partial charge < -0.3 is 5.11 Å². The van der Waals surface area contributed by atoms with Gasteiger partial charge in [0.2, 0.25) is 10.0 Å². The third-order valence-electron chi connectivity index (χ3n) is 4.05. The van der Waals surface area contributed by atoms with Crippen LogP contribution in [0.15, 0.2) is 48.5 Å². The van der Waals surface area contributed by atoms with Crippen LogP contribution in [0.2, 0.25) is 0 Å². The summed E-state index contributed by atoms with van der Waals surface area (Å²) in [6, 6.07) is 13.3. The maximum Gasteiger partial charge on any atom is 0.235 e. The summed E-state index contributed by atoms with van der Waals surface area (Å²) >= 11 is 0.